The van der Waals surface area contributed by atoms with Crippen LogP contribution in [0, 0.1) is 28.6 Å². The zero-order valence-corrected chi connectivity index (χ0v) is 18.4. The normalized spacial score (nSPS) is 53.3. The number of Topliss-reactive ketones (excluding diaryl/α,β-unsaturated/α-hetero) is 1. The Balaban J connectivity index is 1.55. The molecule has 4 fully saturated rings. The number of rotatable bonds is 4. The Morgan fingerprint density at radius 3 is 2.87 bits per heavy atom. The molecule has 2 N–H and O–H groups in total. The summed E-state index contributed by atoms with van der Waals surface area (Å²) >= 11 is 0. The molecule has 6 heteroatoms. The Hall–Kier alpha value is -1.34. The summed E-state index contributed by atoms with van der Waals surface area (Å²) in [5.41, 5.74) is -1.57. The fraction of sp³-hybridized carbons (Fsp3) is 0.760. The highest BCUT2D eigenvalue weighted by Gasteiger charge is 2.75. The number of hydrogen-bond donors (Lipinski definition) is 2. The maximum Gasteiger partial charge on any atom is 0.193 e. The van der Waals surface area contributed by atoms with Crippen LogP contribution in [0.25, 0.3) is 0 Å². The van der Waals surface area contributed by atoms with Crippen LogP contribution < -0.4 is 0 Å². The van der Waals surface area contributed by atoms with Gasteiger partial charge in [0.15, 0.2) is 23.5 Å². The molecule has 0 bridgehead atoms. The summed E-state index contributed by atoms with van der Waals surface area (Å²) in [5, 5.41) is 21.5. The molecule has 31 heavy (non-hydrogen) atoms. The van der Waals surface area contributed by atoms with Crippen LogP contribution in [0.1, 0.15) is 62.0 Å². The van der Waals surface area contributed by atoms with E-state index in [4.69, 9.17) is 12.2 Å². The van der Waals surface area contributed by atoms with Crippen LogP contribution in [0.3, 0.4) is 0 Å². The Labute approximate surface area is 186 Å². The monoisotopic (exact) mass is 432 g/mol. The standard InChI is InChI=1S/C25H34O6/c1-4-5-21-30-20-11-17-16-7-6-14-10-15(27)8-9-23(14,2)22(16)18(28)12-24(17,3)25(20,31-21)19(29)13-26/h8-10,16-18,20-22,26,28H,4-7,11-13H2,1-3H3/t16-,17-,18-,20+,21?,22+,23-,24-,25+/m0/s1/i4D,5D/t4?,5?,16-,17-,18-,20+,21?,22+,23-,24-,25+. The number of carbonyl (C=O) groups is 2. The summed E-state index contributed by atoms with van der Waals surface area (Å²) in [7, 11) is 0. The lowest BCUT2D eigenvalue weighted by atomic mass is 9.46. The van der Waals surface area contributed by atoms with Gasteiger partial charge in [0.1, 0.15) is 6.61 Å². The molecule has 0 aromatic heterocycles. The third kappa shape index (κ3) is 2.65. The lowest BCUT2D eigenvalue weighted by molar-refractivity contribution is -0.200. The number of fused-ring (bicyclic) bond motifs is 7. The number of aliphatic hydroxyl groups excluding tert-OH is 2. The molecule has 1 saturated heterocycles. The van der Waals surface area contributed by atoms with Gasteiger partial charge in [-0.3, -0.25) is 9.59 Å². The van der Waals surface area contributed by atoms with E-state index in [0.717, 1.165) is 18.4 Å². The SMILES string of the molecule is [2H]C(C)C([2H])C1O[C@@H]2C[C@H]3[C@@H]4CCC5=CC(=O)C=C[C@]5(C)[C@H]4[C@@H](O)C[C@]3(C)[C@]2(C(=O)CO)O1. The van der Waals surface area contributed by atoms with Crippen LogP contribution in [0.4, 0.5) is 0 Å². The highest BCUT2D eigenvalue weighted by molar-refractivity contribution is 6.01. The zero-order valence-electron chi connectivity index (χ0n) is 20.4. The summed E-state index contributed by atoms with van der Waals surface area (Å²) < 4.78 is 28.6. The highest BCUT2D eigenvalue weighted by Crippen LogP contribution is 2.69. The first kappa shape index (κ1) is 19.2. The van der Waals surface area contributed by atoms with E-state index in [-0.39, 0.29) is 23.5 Å². The molecule has 11 atom stereocenters. The van der Waals surface area contributed by atoms with Crippen molar-refractivity contribution in [1.29, 1.82) is 0 Å². The van der Waals surface area contributed by atoms with Gasteiger partial charge in [0.25, 0.3) is 0 Å². The maximum absolute atomic E-state index is 13.3. The van der Waals surface area contributed by atoms with Gasteiger partial charge in [-0.05, 0) is 56.1 Å². The zero-order chi connectivity index (χ0) is 23.9. The van der Waals surface area contributed by atoms with E-state index in [9.17, 15) is 19.8 Å². The van der Waals surface area contributed by atoms with Crippen molar-refractivity contribution >= 4 is 11.6 Å². The molecular formula is C25H34O6. The van der Waals surface area contributed by atoms with Crippen molar-refractivity contribution in [3.8, 4) is 0 Å². The topological polar surface area (TPSA) is 93.1 Å². The predicted molar refractivity (Wildman–Crippen MR) is 113 cm³/mol. The molecule has 3 saturated carbocycles. The number of carbonyl (C=O) groups excluding carboxylic acids is 2. The van der Waals surface area contributed by atoms with Crippen molar-refractivity contribution in [2.45, 2.75) is 83.3 Å². The number of ether oxygens (including phenoxy) is 2. The van der Waals surface area contributed by atoms with Gasteiger partial charge in [0.05, 0.1) is 12.2 Å². The molecule has 0 aromatic rings. The largest absolute Gasteiger partial charge is 0.393 e. The van der Waals surface area contributed by atoms with E-state index >= 15 is 0 Å². The molecule has 5 rings (SSSR count). The van der Waals surface area contributed by atoms with Crippen molar-refractivity contribution < 1.29 is 32.0 Å². The van der Waals surface area contributed by atoms with Crippen LogP contribution in [-0.4, -0.2) is 52.5 Å². The molecule has 0 amide bonds. The van der Waals surface area contributed by atoms with Gasteiger partial charge in [0.2, 0.25) is 0 Å². The molecule has 0 radical (unpaired) electrons. The third-order valence-corrected chi connectivity index (χ3v) is 9.16. The molecule has 6 nitrogen and oxygen atoms in total. The van der Waals surface area contributed by atoms with E-state index in [1.165, 1.54) is 0 Å². The van der Waals surface area contributed by atoms with Crippen molar-refractivity contribution in [3.63, 3.8) is 0 Å². The van der Waals surface area contributed by atoms with Crippen LogP contribution >= 0.6 is 0 Å². The van der Waals surface area contributed by atoms with Gasteiger partial charge in [-0.1, -0.05) is 38.8 Å². The lowest BCUT2D eigenvalue weighted by Crippen LogP contribution is -2.63. The molecule has 1 aliphatic heterocycles. The van der Waals surface area contributed by atoms with Crippen molar-refractivity contribution in [1.82, 2.24) is 0 Å². The van der Waals surface area contributed by atoms with Gasteiger partial charge in [0, 0.05) is 19.5 Å². The molecule has 0 aromatic carbocycles. The molecule has 0 spiro atoms. The number of ketones is 2. The van der Waals surface area contributed by atoms with E-state index in [0.29, 0.717) is 12.8 Å². The number of aliphatic hydroxyl groups is 2. The quantitative estimate of drug-likeness (QED) is 0.710. The van der Waals surface area contributed by atoms with E-state index < -0.39 is 60.1 Å². The summed E-state index contributed by atoms with van der Waals surface area (Å²) in [4.78, 5) is 25.3. The minimum Gasteiger partial charge on any atom is -0.393 e. The molecule has 1 heterocycles. The van der Waals surface area contributed by atoms with Crippen molar-refractivity contribution in [2.24, 2.45) is 28.6 Å². The molecule has 4 aliphatic carbocycles. The smallest absolute Gasteiger partial charge is 0.193 e. The molecule has 170 valence electrons. The fourth-order valence-electron chi connectivity index (χ4n) is 7.96. The minimum atomic E-state index is -1.44. The van der Waals surface area contributed by atoms with Gasteiger partial charge < -0.3 is 19.7 Å². The first-order chi connectivity index (χ1) is 15.5. The second-order valence-electron chi connectivity index (χ2n) is 10.4. The van der Waals surface area contributed by atoms with Crippen LogP contribution in [0.5, 0.6) is 0 Å². The average Bonchev–Trinajstić information content (AvgIpc) is 3.26. The summed E-state index contributed by atoms with van der Waals surface area (Å²) in [6, 6.07) is 0. The van der Waals surface area contributed by atoms with E-state index in [1.54, 1.807) is 19.1 Å². The maximum atomic E-state index is 13.3. The molecule has 3 unspecified atom stereocenters. The summed E-state index contributed by atoms with van der Waals surface area (Å²) in [6.45, 7) is 4.95. The van der Waals surface area contributed by atoms with Gasteiger partial charge >= 0.3 is 0 Å². The highest BCUT2D eigenvalue weighted by atomic mass is 16.7. The first-order valence-electron chi connectivity index (χ1n) is 12.6. The summed E-state index contributed by atoms with van der Waals surface area (Å²) in [5.74, 6) is -0.454. The third-order valence-electron chi connectivity index (χ3n) is 9.16. The van der Waals surface area contributed by atoms with E-state index in [1.807, 2.05) is 13.0 Å². The molecular weight excluding hydrogens is 396 g/mol. The number of hydrogen-bond acceptors (Lipinski definition) is 6. The average molecular weight is 433 g/mol. The van der Waals surface area contributed by atoms with Gasteiger partial charge in [-0.2, -0.15) is 0 Å². The van der Waals surface area contributed by atoms with Crippen LogP contribution in [-0.2, 0) is 19.1 Å². The Morgan fingerprint density at radius 2 is 2.16 bits per heavy atom. The second-order valence-corrected chi connectivity index (χ2v) is 10.4. The lowest BCUT2D eigenvalue weighted by Gasteiger charge is -2.59. The Morgan fingerprint density at radius 1 is 1.39 bits per heavy atom. The van der Waals surface area contributed by atoms with Crippen molar-refractivity contribution in [3.05, 3.63) is 23.8 Å². The Kier molecular flexibility index (Phi) is 4.37. The van der Waals surface area contributed by atoms with Crippen LogP contribution in [0.2, 0.25) is 0 Å². The van der Waals surface area contributed by atoms with Gasteiger partial charge in [-0.15, -0.1) is 0 Å². The fourth-order valence-corrected chi connectivity index (χ4v) is 7.96. The van der Waals surface area contributed by atoms with Crippen molar-refractivity contribution in [2.75, 3.05) is 6.61 Å². The number of allylic oxidation sites excluding steroid dienone is 4. The van der Waals surface area contributed by atoms with Gasteiger partial charge in [-0.25, -0.2) is 0 Å². The Bertz CT molecular complexity index is 932. The summed E-state index contributed by atoms with van der Waals surface area (Å²) in [6.07, 6.45) is 3.56. The predicted octanol–water partition coefficient (Wildman–Crippen LogP) is 2.72. The minimum absolute atomic E-state index is 0.0135. The second kappa shape index (κ2) is 7.08. The van der Waals surface area contributed by atoms with Crippen LogP contribution in [0.15, 0.2) is 23.8 Å². The van der Waals surface area contributed by atoms with E-state index in [2.05, 4.69) is 6.92 Å². The first-order valence-corrected chi connectivity index (χ1v) is 11.4. The molecule has 5 aliphatic rings.